The molecule has 1 aliphatic rings. The number of hydrogen-bond acceptors (Lipinski definition) is 5. The summed E-state index contributed by atoms with van der Waals surface area (Å²) in [7, 11) is 1.71. The number of carbonyl (C=O) groups is 1. The molecule has 0 bridgehead atoms. The Bertz CT molecular complexity index is 638. The van der Waals surface area contributed by atoms with Crippen LogP contribution in [0.4, 0.5) is 10.1 Å². The second kappa shape index (κ2) is 10.4. The number of amides is 1. The smallest absolute Gasteiger partial charge is 0.244 e. The van der Waals surface area contributed by atoms with Crippen molar-refractivity contribution >= 4 is 11.6 Å². The summed E-state index contributed by atoms with van der Waals surface area (Å²) < 4.78 is 18.5. The van der Waals surface area contributed by atoms with Crippen LogP contribution in [-0.4, -0.2) is 74.2 Å². The SMILES string of the molecule is COC[C@@H](C)N1CCN([C@@H](C)C(=O)N(CCC#N)c2ccc(F)cc2)CC1. The van der Waals surface area contributed by atoms with Gasteiger partial charge in [-0.25, -0.2) is 4.39 Å². The molecule has 2 rings (SSSR count). The molecule has 0 unspecified atom stereocenters. The van der Waals surface area contributed by atoms with Crippen molar-refractivity contribution in [3.05, 3.63) is 30.1 Å². The van der Waals surface area contributed by atoms with E-state index in [0.717, 1.165) is 26.2 Å². The largest absolute Gasteiger partial charge is 0.383 e. The van der Waals surface area contributed by atoms with Crippen LogP contribution in [0.3, 0.4) is 0 Å². The Morgan fingerprint density at radius 3 is 2.37 bits per heavy atom. The molecular formula is C20H29FN4O2. The van der Waals surface area contributed by atoms with Crippen LogP contribution >= 0.6 is 0 Å². The number of carbonyl (C=O) groups excluding carboxylic acids is 1. The summed E-state index contributed by atoms with van der Waals surface area (Å²) in [6.07, 6.45) is 0.234. The standard InChI is InChI=1S/C20H29FN4O2/c1-16(15-27-3)23-11-13-24(14-12-23)17(2)20(26)25(10-4-9-22)19-7-5-18(21)6-8-19/h5-8,16-17H,4,10-15H2,1-3H3/t16-,17+/m1/s1. The molecule has 0 saturated carbocycles. The molecule has 0 aliphatic carbocycles. The number of hydrogen-bond donors (Lipinski definition) is 0. The molecule has 0 radical (unpaired) electrons. The van der Waals surface area contributed by atoms with Gasteiger partial charge in [0.15, 0.2) is 0 Å². The van der Waals surface area contributed by atoms with Crippen LogP contribution in [-0.2, 0) is 9.53 Å². The van der Waals surface area contributed by atoms with E-state index in [1.54, 1.807) is 24.1 Å². The highest BCUT2D eigenvalue weighted by Gasteiger charge is 2.30. The van der Waals surface area contributed by atoms with Crippen LogP contribution in [0.5, 0.6) is 0 Å². The molecule has 1 amide bonds. The van der Waals surface area contributed by atoms with E-state index in [1.807, 2.05) is 6.92 Å². The number of piperazine rings is 1. The molecule has 148 valence electrons. The van der Waals surface area contributed by atoms with E-state index in [-0.39, 0.29) is 24.2 Å². The topological polar surface area (TPSA) is 59.8 Å². The van der Waals surface area contributed by atoms with E-state index in [0.29, 0.717) is 24.9 Å². The van der Waals surface area contributed by atoms with Crippen LogP contribution in [0.1, 0.15) is 20.3 Å². The molecule has 0 aromatic heterocycles. The van der Waals surface area contributed by atoms with Crippen LogP contribution < -0.4 is 4.90 Å². The zero-order valence-electron chi connectivity index (χ0n) is 16.4. The summed E-state index contributed by atoms with van der Waals surface area (Å²) in [5.41, 5.74) is 0.621. The Labute approximate surface area is 161 Å². The molecule has 0 N–H and O–H groups in total. The maximum atomic E-state index is 13.2. The fourth-order valence-electron chi connectivity index (χ4n) is 3.44. The Kier molecular flexibility index (Phi) is 8.17. The number of benzene rings is 1. The molecule has 7 heteroatoms. The highest BCUT2D eigenvalue weighted by atomic mass is 19.1. The zero-order chi connectivity index (χ0) is 19.8. The lowest BCUT2D eigenvalue weighted by molar-refractivity contribution is -0.124. The third-order valence-corrected chi connectivity index (χ3v) is 5.14. The minimum Gasteiger partial charge on any atom is -0.383 e. The van der Waals surface area contributed by atoms with Gasteiger partial charge >= 0.3 is 0 Å². The molecule has 27 heavy (non-hydrogen) atoms. The molecule has 1 saturated heterocycles. The van der Waals surface area contributed by atoms with Crippen molar-refractivity contribution in [2.24, 2.45) is 0 Å². The molecule has 6 nitrogen and oxygen atoms in total. The third kappa shape index (κ3) is 5.73. The average molecular weight is 376 g/mol. The number of rotatable bonds is 8. The van der Waals surface area contributed by atoms with Gasteiger partial charge in [-0.3, -0.25) is 14.6 Å². The normalized spacial score (nSPS) is 17.9. The molecule has 1 aromatic carbocycles. The first-order chi connectivity index (χ1) is 13.0. The third-order valence-electron chi connectivity index (χ3n) is 5.14. The lowest BCUT2D eigenvalue weighted by Gasteiger charge is -2.41. The summed E-state index contributed by atoms with van der Waals surface area (Å²) in [5, 5.41) is 8.93. The van der Waals surface area contributed by atoms with Gasteiger partial charge in [-0.2, -0.15) is 5.26 Å². The van der Waals surface area contributed by atoms with Crippen molar-refractivity contribution in [3.8, 4) is 6.07 Å². The van der Waals surface area contributed by atoms with Gasteiger partial charge in [0.25, 0.3) is 0 Å². The van der Waals surface area contributed by atoms with Gasteiger partial charge in [-0.05, 0) is 38.1 Å². The van der Waals surface area contributed by atoms with E-state index in [2.05, 4.69) is 22.8 Å². The van der Waals surface area contributed by atoms with Gasteiger partial charge in [0.05, 0.1) is 25.1 Å². The molecule has 1 fully saturated rings. The molecule has 0 spiro atoms. The minimum atomic E-state index is -0.346. The molecule has 1 aromatic rings. The van der Waals surface area contributed by atoms with Gasteiger partial charge in [-0.15, -0.1) is 0 Å². The fraction of sp³-hybridized carbons (Fsp3) is 0.600. The van der Waals surface area contributed by atoms with Crippen molar-refractivity contribution in [1.82, 2.24) is 9.80 Å². The fourth-order valence-corrected chi connectivity index (χ4v) is 3.44. The number of halogens is 1. The average Bonchev–Trinajstić information content (AvgIpc) is 2.69. The second-order valence-corrected chi connectivity index (χ2v) is 6.93. The van der Waals surface area contributed by atoms with Crippen molar-refractivity contribution in [2.45, 2.75) is 32.4 Å². The van der Waals surface area contributed by atoms with Crippen molar-refractivity contribution < 1.29 is 13.9 Å². The molecule has 1 aliphatic heterocycles. The zero-order valence-corrected chi connectivity index (χ0v) is 16.4. The maximum absolute atomic E-state index is 13.2. The summed E-state index contributed by atoms with van der Waals surface area (Å²) in [6, 6.07) is 7.98. The van der Waals surface area contributed by atoms with Crippen LogP contribution in [0.25, 0.3) is 0 Å². The Morgan fingerprint density at radius 2 is 1.81 bits per heavy atom. The van der Waals surface area contributed by atoms with E-state index < -0.39 is 0 Å². The Morgan fingerprint density at radius 1 is 1.22 bits per heavy atom. The number of ether oxygens (including phenoxy) is 1. The Balaban J connectivity index is 2.02. The highest BCUT2D eigenvalue weighted by molar-refractivity contribution is 5.97. The van der Waals surface area contributed by atoms with Gasteiger partial charge in [0, 0.05) is 51.6 Å². The summed E-state index contributed by atoms with van der Waals surface area (Å²) in [6.45, 7) is 8.42. The first kappa shape index (κ1) is 21.3. The van der Waals surface area contributed by atoms with Gasteiger partial charge in [-0.1, -0.05) is 0 Å². The van der Waals surface area contributed by atoms with E-state index in [4.69, 9.17) is 10.00 Å². The summed E-state index contributed by atoms with van der Waals surface area (Å²) in [4.78, 5) is 19.2. The monoisotopic (exact) mass is 376 g/mol. The number of anilines is 1. The quantitative estimate of drug-likeness (QED) is 0.696. The van der Waals surface area contributed by atoms with Gasteiger partial charge < -0.3 is 9.64 Å². The van der Waals surface area contributed by atoms with Gasteiger partial charge in [0.1, 0.15) is 5.82 Å². The summed E-state index contributed by atoms with van der Waals surface area (Å²) >= 11 is 0. The lowest BCUT2D eigenvalue weighted by Crippen LogP contribution is -2.56. The number of nitriles is 1. The minimum absolute atomic E-state index is 0.0600. The first-order valence-corrected chi connectivity index (χ1v) is 9.38. The van der Waals surface area contributed by atoms with Crippen molar-refractivity contribution in [3.63, 3.8) is 0 Å². The van der Waals surface area contributed by atoms with Crippen LogP contribution in [0.2, 0.25) is 0 Å². The number of methoxy groups -OCH3 is 1. The van der Waals surface area contributed by atoms with Gasteiger partial charge in [0.2, 0.25) is 5.91 Å². The second-order valence-electron chi connectivity index (χ2n) is 6.93. The van der Waals surface area contributed by atoms with E-state index >= 15 is 0 Å². The first-order valence-electron chi connectivity index (χ1n) is 9.38. The predicted octanol–water partition coefficient (Wildman–Crippen LogP) is 2.11. The molecular weight excluding hydrogens is 347 g/mol. The lowest BCUT2D eigenvalue weighted by atomic mass is 10.1. The van der Waals surface area contributed by atoms with Crippen LogP contribution in [0, 0.1) is 17.1 Å². The van der Waals surface area contributed by atoms with Crippen molar-refractivity contribution in [1.29, 1.82) is 5.26 Å². The molecule has 1 heterocycles. The maximum Gasteiger partial charge on any atom is 0.244 e. The van der Waals surface area contributed by atoms with E-state index in [1.165, 1.54) is 12.1 Å². The number of nitrogens with zero attached hydrogens (tertiary/aromatic N) is 4. The van der Waals surface area contributed by atoms with Crippen molar-refractivity contribution in [2.75, 3.05) is 51.3 Å². The molecule has 2 atom stereocenters. The van der Waals surface area contributed by atoms with Crippen LogP contribution in [0.15, 0.2) is 24.3 Å². The Hall–Kier alpha value is -2.01. The van der Waals surface area contributed by atoms with E-state index in [9.17, 15) is 9.18 Å². The predicted molar refractivity (Wildman–Crippen MR) is 103 cm³/mol. The summed E-state index contributed by atoms with van der Waals surface area (Å²) in [5.74, 6) is -0.406. The highest BCUT2D eigenvalue weighted by Crippen LogP contribution is 2.19.